The largest absolute Gasteiger partial charge is 0.454 e. The van der Waals surface area contributed by atoms with Gasteiger partial charge in [-0.1, -0.05) is 5.16 Å². The van der Waals surface area contributed by atoms with Crippen LogP contribution in [0.15, 0.2) is 16.7 Å². The Kier molecular flexibility index (Phi) is 2.22. The second-order valence-corrected chi connectivity index (χ2v) is 3.69. The van der Waals surface area contributed by atoms with Crippen molar-refractivity contribution in [3.05, 3.63) is 23.6 Å². The smallest absolute Gasteiger partial charge is 0.240 e. The number of hydrogen-bond acceptors (Lipinski definition) is 6. The molecule has 2 aromatic rings. The summed E-state index contributed by atoms with van der Waals surface area (Å²) < 4.78 is 15.7. The van der Waals surface area contributed by atoms with Crippen LogP contribution in [-0.2, 0) is 6.54 Å². The maximum absolute atomic E-state index is 5.43. The molecule has 0 atom stereocenters. The van der Waals surface area contributed by atoms with Gasteiger partial charge in [-0.3, -0.25) is 0 Å². The number of fused-ring (bicyclic) bond motifs is 1. The molecular formula is C11H11N3O3. The Labute approximate surface area is 97.3 Å². The molecule has 0 saturated heterocycles. The first-order valence-electron chi connectivity index (χ1n) is 5.22. The molecule has 0 aliphatic carbocycles. The van der Waals surface area contributed by atoms with Crippen molar-refractivity contribution in [1.29, 1.82) is 0 Å². The van der Waals surface area contributed by atoms with E-state index in [9.17, 15) is 0 Å². The second kappa shape index (κ2) is 3.74. The van der Waals surface area contributed by atoms with Crippen molar-refractivity contribution in [1.82, 2.24) is 10.1 Å². The fourth-order valence-corrected chi connectivity index (χ4v) is 1.80. The molecule has 6 nitrogen and oxygen atoms in total. The predicted molar refractivity (Wildman–Crippen MR) is 58.5 cm³/mol. The van der Waals surface area contributed by atoms with Gasteiger partial charge in [-0.05, 0) is 19.1 Å². The average molecular weight is 233 g/mol. The minimum atomic E-state index is 0.233. The Balaban J connectivity index is 2.09. The molecule has 0 saturated carbocycles. The third-order valence-corrected chi connectivity index (χ3v) is 2.67. The summed E-state index contributed by atoms with van der Waals surface area (Å²) in [6.45, 7) is 2.41. The van der Waals surface area contributed by atoms with E-state index in [0.29, 0.717) is 11.7 Å². The Morgan fingerprint density at radius 3 is 3.00 bits per heavy atom. The molecule has 0 bridgehead atoms. The fraction of sp³-hybridized carbons (Fsp3) is 0.273. The van der Waals surface area contributed by atoms with Crippen LogP contribution in [0.4, 0.5) is 0 Å². The van der Waals surface area contributed by atoms with E-state index in [2.05, 4.69) is 10.1 Å². The SMILES string of the molecule is Cc1c(-c2noc(CN)n2)ccc2c1OCO2. The standard InChI is InChI=1S/C11H11N3O3/c1-6-7(11-13-9(4-12)17-14-11)2-3-8-10(6)16-5-15-8/h2-3H,4-5,12H2,1H3. The summed E-state index contributed by atoms with van der Waals surface area (Å²) >= 11 is 0. The first-order chi connectivity index (χ1) is 8.29. The van der Waals surface area contributed by atoms with E-state index >= 15 is 0 Å². The molecule has 6 heteroatoms. The number of rotatable bonds is 2. The van der Waals surface area contributed by atoms with E-state index in [-0.39, 0.29) is 13.3 Å². The Hall–Kier alpha value is -2.08. The van der Waals surface area contributed by atoms with Crippen LogP contribution in [0, 0.1) is 6.92 Å². The highest BCUT2D eigenvalue weighted by Gasteiger charge is 2.20. The van der Waals surface area contributed by atoms with Gasteiger partial charge in [0.05, 0.1) is 6.54 Å². The summed E-state index contributed by atoms with van der Waals surface area (Å²) in [5, 5.41) is 3.88. The Morgan fingerprint density at radius 2 is 2.24 bits per heavy atom. The van der Waals surface area contributed by atoms with Crippen molar-refractivity contribution in [3.8, 4) is 22.9 Å². The third kappa shape index (κ3) is 1.53. The highest BCUT2D eigenvalue weighted by Crippen LogP contribution is 2.39. The minimum absolute atomic E-state index is 0.233. The van der Waals surface area contributed by atoms with E-state index in [1.165, 1.54) is 0 Å². The maximum Gasteiger partial charge on any atom is 0.240 e. The zero-order valence-electron chi connectivity index (χ0n) is 9.27. The molecule has 1 aromatic heterocycles. The molecule has 1 aliphatic rings. The van der Waals surface area contributed by atoms with E-state index in [1.807, 2.05) is 19.1 Å². The average Bonchev–Trinajstić information content (AvgIpc) is 2.97. The lowest BCUT2D eigenvalue weighted by atomic mass is 10.1. The van der Waals surface area contributed by atoms with Gasteiger partial charge in [0.1, 0.15) is 0 Å². The van der Waals surface area contributed by atoms with Gasteiger partial charge in [-0.25, -0.2) is 0 Å². The maximum atomic E-state index is 5.43. The second-order valence-electron chi connectivity index (χ2n) is 3.69. The van der Waals surface area contributed by atoms with Crippen LogP contribution in [0.1, 0.15) is 11.5 Å². The van der Waals surface area contributed by atoms with Gasteiger partial charge in [0.15, 0.2) is 11.5 Å². The zero-order valence-corrected chi connectivity index (χ0v) is 9.27. The lowest BCUT2D eigenvalue weighted by Crippen LogP contribution is -1.96. The molecule has 1 aromatic carbocycles. The fourth-order valence-electron chi connectivity index (χ4n) is 1.80. The van der Waals surface area contributed by atoms with Gasteiger partial charge in [0.25, 0.3) is 0 Å². The molecule has 1 aliphatic heterocycles. The highest BCUT2D eigenvalue weighted by molar-refractivity contribution is 5.67. The molecule has 0 radical (unpaired) electrons. The summed E-state index contributed by atoms with van der Waals surface area (Å²) in [5.74, 6) is 2.41. The first-order valence-corrected chi connectivity index (χ1v) is 5.22. The number of ether oxygens (including phenoxy) is 2. The molecule has 2 heterocycles. The van der Waals surface area contributed by atoms with Crippen molar-refractivity contribution in [2.75, 3.05) is 6.79 Å². The van der Waals surface area contributed by atoms with Crippen LogP contribution in [0.3, 0.4) is 0 Å². The Morgan fingerprint density at radius 1 is 1.35 bits per heavy atom. The van der Waals surface area contributed by atoms with Crippen LogP contribution in [0.5, 0.6) is 11.5 Å². The number of hydrogen-bond donors (Lipinski definition) is 1. The normalized spacial score (nSPS) is 13.1. The summed E-state index contributed by atoms with van der Waals surface area (Å²) in [6, 6.07) is 3.72. The molecule has 3 rings (SSSR count). The molecule has 88 valence electrons. The quantitative estimate of drug-likeness (QED) is 0.839. The van der Waals surface area contributed by atoms with Crippen molar-refractivity contribution in [3.63, 3.8) is 0 Å². The summed E-state index contributed by atoms with van der Waals surface area (Å²) in [5.41, 5.74) is 7.22. The number of nitrogens with zero attached hydrogens (tertiary/aromatic N) is 2. The monoisotopic (exact) mass is 233 g/mol. The summed E-state index contributed by atoms with van der Waals surface area (Å²) in [4.78, 5) is 4.19. The lowest BCUT2D eigenvalue weighted by Gasteiger charge is -2.04. The van der Waals surface area contributed by atoms with Crippen molar-refractivity contribution < 1.29 is 14.0 Å². The summed E-state index contributed by atoms with van der Waals surface area (Å²) in [6.07, 6.45) is 0. The number of nitrogens with two attached hydrogens (primary N) is 1. The zero-order chi connectivity index (χ0) is 11.8. The highest BCUT2D eigenvalue weighted by atomic mass is 16.7. The van der Waals surface area contributed by atoms with Crippen LogP contribution >= 0.6 is 0 Å². The van der Waals surface area contributed by atoms with Crippen LogP contribution in [0.2, 0.25) is 0 Å². The number of benzene rings is 1. The summed E-state index contributed by atoms with van der Waals surface area (Å²) in [7, 11) is 0. The van der Waals surface area contributed by atoms with Crippen molar-refractivity contribution in [2.24, 2.45) is 5.73 Å². The predicted octanol–water partition coefficient (Wildman–Crippen LogP) is 1.23. The van der Waals surface area contributed by atoms with E-state index in [0.717, 1.165) is 22.6 Å². The molecule has 2 N–H and O–H groups in total. The first kappa shape index (κ1) is 10.1. The van der Waals surface area contributed by atoms with Crippen molar-refractivity contribution in [2.45, 2.75) is 13.5 Å². The molecule has 0 amide bonds. The van der Waals surface area contributed by atoms with E-state index in [1.54, 1.807) is 0 Å². The third-order valence-electron chi connectivity index (χ3n) is 2.67. The Bertz CT molecular complexity index is 565. The van der Waals surface area contributed by atoms with Gasteiger partial charge in [-0.2, -0.15) is 4.98 Å². The van der Waals surface area contributed by atoms with E-state index < -0.39 is 0 Å². The van der Waals surface area contributed by atoms with Crippen LogP contribution < -0.4 is 15.2 Å². The molecule has 0 spiro atoms. The van der Waals surface area contributed by atoms with Gasteiger partial charge >= 0.3 is 0 Å². The molecule has 17 heavy (non-hydrogen) atoms. The van der Waals surface area contributed by atoms with Crippen LogP contribution in [-0.4, -0.2) is 16.9 Å². The molecule has 0 fully saturated rings. The van der Waals surface area contributed by atoms with Gasteiger partial charge in [0.2, 0.25) is 18.5 Å². The van der Waals surface area contributed by atoms with Gasteiger partial charge < -0.3 is 19.7 Å². The minimum Gasteiger partial charge on any atom is -0.454 e. The lowest BCUT2D eigenvalue weighted by molar-refractivity contribution is 0.173. The van der Waals surface area contributed by atoms with Gasteiger partial charge in [0, 0.05) is 11.1 Å². The topological polar surface area (TPSA) is 83.4 Å². The molecule has 0 unspecified atom stereocenters. The molecular weight excluding hydrogens is 222 g/mol. The van der Waals surface area contributed by atoms with Crippen LogP contribution in [0.25, 0.3) is 11.4 Å². The van der Waals surface area contributed by atoms with Gasteiger partial charge in [-0.15, -0.1) is 0 Å². The van der Waals surface area contributed by atoms with Crippen molar-refractivity contribution >= 4 is 0 Å². The van der Waals surface area contributed by atoms with E-state index in [4.69, 9.17) is 19.7 Å². The number of aromatic nitrogens is 2.